The molecule has 0 aromatic carbocycles. The molecular formula is C21H30O3. The van der Waals surface area contributed by atoms with Crippen molar-refractivity contribution < 1.29 is 14.6 Å². The number of rotatable bonds is 2. The second kappa shape index (κ2) is 5.81. The lowest BCUT2D eigenvalue weighted by molar-refractivity contribution is -0.184. The van der Waals surface area contributed by atoms with E-state index in [2.05, 4.69) is 6.92 Å². The molecular weight excluding hydrogens is 300 g/mol. The highest BCUT2D eigenvalue weighted by Gasteiger charge is 2.58. The molecule has 2 fully saturated rings. The number of hydrogen-bond donors (Lipinski definition) is 1. The monoisotopic (exact) mass is 330 g/mol. The van der Waals surface area contributed by atoms with Gasteiger partial charge in [-0.3, -0.25) is 4.79 Å². The van der Waals surface area contributed by atoms with Crippen LogP contribution in [0.25, 0.3) is 0 Å². The lowest BCUT2D eigenvalue weighted by Gasteiger charge is -2.59. The number of allylic oxidation sites excluding steroid dienone is 4. The van der Waals surface area contributed by atoms with E-state index in [1.807, 2.05) is 6.08 Å². The van der Waals surface area contributed by atoms with Crippen molar-refractivity contribution in [2.45, 2.75) is 70.3 Å². The maximum atomic E-state index is 11.8. The zero-order valence-electron chi connectivity index (χ0n) is 15.1. The van der Waals surface area contributed by atoms with Crippen molar-refractivity contribution >= 4 is 5.78 Å². The number of hydrogen-bond acceptors (Lipinski definition) is 3. The van der Waals surface area contributed by atoms with E-state index in [0.29, 0.717) is 30.6 Å². The van der Waals surface area contributed by atoms with Crippen LogP contribution in [0.15, 0.2) is 22.8 Å². The summed E-state index contributed by atoms with van der Waals surface area (Å²) >= 11 is 0. The van der Waals surface area contributed by atoms with Gasteiger partial charge >= 0.3 is 0 Å². The van der Waals surface area contributed by atoms with E-state index < -0.39 is 5.60 Å². The van der Waals surface area contributed by atoms with Crippen LogP contribution in [0.4, 0.5) is 0 Å². The fourth-order valence-corrected chi connectivity index (χ4v) is 6.34. The fraction of sp³-hybridized carbons (Fsp3) is 0.762. The Morgan fingerprint density at radius 3 is 2.83 bits per heavy atom. The Hall–Kier alpha value is -0.930. The van der Waals surface area contributed by atoms with Crippen LogP contribution in [-0.2, 0) is 9.53 Å². The van der Waals surface area contributed by atoms with Gasteiger partial charge in [-0.2, -0.15) is 0 Å². The molecule has 4 aliphatic rings. The standard InChI is InChI=1S/C21H30O3/c1-20-11-9-17-16-8-6-15(22)12-14(16)5-7-18(17)19(20)4-3-10-21(20,23)13-24-2/h12,18-19,23H,3-11,13H2,1-2H3/t18-,19+,20+,21?/m1/s1. The highest BCUT2D eigenvalue weighted by Crippen LogP contribution is 2.61. The zero-order chi connectivity index (χ0) is 16.9. The van der Waals surface area contributed by atoms with Gasteiger partial charge in [-0.25, -0.2) is 0 Å². The van der Waals surface area contributed by atoms with E-state index >= 15 is 0 Å². The zero-order valence-corrected chi connectivity index (χ0v) is 15.1. The van der Waals surface area contributed by atoms with E-state index in [0.717, 1.165) is 44.9 Å². The van der Waals surface area contributed by atoms with Crippen LogP contribution < -0.4 is 0 Å². The topological polar surface area (TPSA) is 46.5 Å². The van der Waals surface area contributed by atoms with Crippen molar-refractivity contribution in [3.63, 3.8) is 0 Å². The third kappa shape index (κ3) is 2.28. The third-order valence-electron chi connectivity index (χ3n) is 7.67. The first-order chi connectivity index (χ1) is 11.5. The molecule has 0 radical (unpaired) electrons. The maximum Gasteiger partial charge on any atom is 0.156 e. The third-order valence-corrected chi connectivity index (χ3v) is 7.67. The van der Waals surface area contributed by atoms with Gasteiger partial charge in [0.2, 0.25) is 0 Å². The summed E-state index contributed by atoms with van der Waals surface area (Å²) in [5, 5.41) is 11.4. The number of methoxy groups -OCH3 is 1. The van der Waals surface area contributed by atoms with Gasteiger partial charge in [0.1, 0.15) is 0 Å². The molecule has 4 rings (SSSR count). The minimum absolute atomic E-state index is 0.0400. The van der Waals surface area contributed by atoms with E-state index in [-0.39, 0.29) is 5.41 Å². The normalized spacial score (nSPS) is 42.1. The average molecular weight is 330 g/mol. The van der Waals surface area contributed by atoms with Crippen LogP contribution in [0.2, 0.25) is 0 Å². The lowest BCUT2D eigenvalue weighted by Crippen LogP contribution is -2.59. The van der Waals surface area contributed by atoms with Crippen molar-refractivity contribution in [3.05, 3.63) is 22.8 Å². The Morgan fingerprint density at radius 2 is 2.04 bits per heavy atom. The molecule has 0 saturated heterocycles. The first kappa shape index (κ1) is 16.5. The molecule has 1 unspecified atom stereocenters. The SMILES string of the molecule is COCC1(O)CCC[C@H]2[C@@H]3CCC4=CC(=O)CCC4=C3CC[C@@]21C. The molecule has 2 saturated carbocycles. The van der Waals surface area contributed by atoms with Gasteiger partial charge in [-0.15, -0.1) is 0 Å². The number of ketones is 1. The second-order valence-electron chi connectivity index (χ2n) is 8.67. The first-order valence-corrected chi connectivity index (χ1v) is 9.65. The molecule has 24 heavy (non-hydrogen) atoms. The highest BCUT2D eigenvalue weighted by atomic mass is 16.5. The molecule has 4 aliphatic carbocycles. The summed E-state index contributed by atoms with van der Waals surface area (Å²) in [5.74, 6) is 1.47. The van der Waals surface area contributed by atoms with E-state index in [1.54, 1.807) is 12.7 Å². The van der Waals surface area contributed by atoms with Crippen molar-refractivity contribution in [1.29, 1.82) is 0 Å². The first-order valence-electron chi connectivity index (χ1n) is 9.65. The summed E-state index contributed by atoms with van der Waals surface area (Å²) in [5.41, 5.74) is 3.74. The van der Waals surface area contributed by atoms with Crippen LogP contribution in [-0.4, -0.2) is 30.2 Å². The van der Waals surface area contributed by atoms with Gasteiger partial charge in [-0.05, 0) is 74.0 Å². The van der Waals surface area contributed by atoms with Crippen molar-refractivity contribution in [3.8, 4) is 0 Å². The molecule has 0 aromatic heterocycles. The van der Waals surface area contributed by atoms with E-state index in [1.165, 1.54) is 17.6 Å². The quantitative estimate of drug-likeness (QED) is 0.833. The molecule has 0 bridgehead atoms. The predicted octanol–water partition coefficient (Wildman–Crippen LogP) is 3.96. The van der Waals surface area contributed by atoms with Crippen molar-refractivity contribution in [2.24, 2.45) is 17.3 Å². The van der Waals surface area contributed by atoms with Crippen molar-refractivity contribution in [2.75, 3.05) is 13.7 Å². The van der Waals surface area contributed by atoms with Gasteiger partial charge in [0.25, 0.3) is 0 Å². The van der Waals surface area contributed by atoms with Crippen LogP contribution in [0.1, 0.15) is 64.7 Å². The van der Waals surface area contributed by atoms with Gasteiger partial charge < -0.3 is 9.84 Å². The number of ether oxygens (including phenoxy) is 1. The van der Waals surface area contributed by atoms with E-state index in [4.69, 9.17) is 4.74 Å². The Morgan fingerprint density at radius 1 is 1.21 bits per heavy atom. The molecule has 0 spiro atoms. The molecule has 132 valence electrons. The van der Waals surface area contributed by atoms with Crippen LogP contribution in [0.3, 0.4) is 0 Å². The van der Waals surface area contributed by atoms with Crippen molar-refractivity contribution in [1.82, 2.24) is 0 Å². The summed E-state index contributed by atoms with van der Waals surface area (Å²) in [4.78, 5) is 11.8. The van der Waals surface area contributed by atoms with Crippen LogP contribution in [0.5, 0.6) is 0 Å². The summed E-state index contributed by atoms with van der Waals surface area (Å²) in [6, 6.07) is 0. The largest absolute Gasteiger partial charge is 0.387 e. The molecule has 1 N–H and O–H groups in total. The van der Waals surface area contributed by atoms with Crippen LogP contribution in [0, 0.1) is 17.3 Å². The predicted molar refractivity (Wildman–Crippen MR) is 93.6 cm³/mol. The minimum atomic E-state index is -0.681. The highest BCUT2D eigenvalue weighted by molar-refractivity contribution is 5.93. The Kier molecular flexibility index (Phi) is 4.00. The lowest BCUT2D eigenvalue weighted by atomic mass is 9.48. The Labute approximate surface area is 145 Å². The summed E-state index contributed by atoms with van der Waals surface area (Å²) < 4.78 is 5.42. The number of carbonyl (C=O) groups is 1. The fourth-order valence-electron chi connectivity index (χ4n) is 6.34. The Balaban J connectivity index is 1.71. The summed E-state index contributed by atoms with van der Waals surface area (Å²) in [6.07, 6.45) is 11.1. The number of carbonyl (C=O) groups excluding carboxylic acids is 1. The molecule has 0 heterocycles. The van der Waals surface area contributed by atoms with E-state index in [9.17, 15) is 9.90 Å². The minimum Gasteiger partial charge on any atom is -0.387 e. The number of aliphatic hydroxyl groups is 1. The van der Waals surface area contributed by atoms with Gasteiger partial charge in [0, 0.05) is 18.9 Å². The molecule has 3 nitrogen and oxygen atoms in total. The van der Waals surface area contributed by atoms with Gasteiger partial charge in [0.15, 0.2) is 5.78 Å². The molecule has 4 atom stereocenters. The average Bonchev–Trinajstić information content (AvgIpc) is 2.55. The van der Waals surface area contributed by atoms with Crippen LogP contribution >= 0.6 is 0 Å². The maximum absolute atomic E-state index is 11.8. The Bertz CT molecular complexity index is 613. The smallest absolute Gasteiger partial charge is 0.156 e. The summed E-state index contributed by atoms with van der Waals surface area (Å²) in [6.45, 7) is 2.77. The summed E-state index contributed by atoms with van der Waals surface area (Å²) in [7, 11) is 1.71. The molecule has 0 aliphatic heterocycles. The van der Waals surface area contributed by atoms with Gasteiger partial charge in [-0.1, -0.05) is 18.9 Å². The second-order valence-corrected chi connectivity index (χ2v) is 8.67. The molecule has 3 heteroatoms. The molecule has 0 aromatic rings. The van der Waals surface area contributed by atoms with Gasteiger partial charge in [0.05, 0.1) is 12.2 Å². The molecule has 0 amide bonds. The number of fused-ring (bicyclic) bond motifs is 4.